The summed E-state index contributed by atoms with van der Waals surface area (Å²) in [4.78, 5) is 4.26. The van der Waals surface area contributed by atoms with Gasteiger partial charge in [0.25, 0.3) is 0 Å². The Morgan fingerprint density at radius 1 is 0.906 bits per heavy atom. The minimum Gasteiger partial charge on any atom is -0.490 e. The quantitative estimate of drug-likeness (QED) is 0.374. The van der Waals surface area contributed by atoms with Gasteiger partial charge < -0.3 is 9.64 Å². The SMILES string of the molecule is Cl.Cl.Fc1cc2c(cc1OCCCN1CCN(c3cccc(C(F)(F)F)c3)CC1)CCC2. The van der Waals surface area contributed by atoms with Crippen LogP contribution < -0.4 is 9.64 Å². The molecule has 0 saturated carbocycles. The predicted molar refractivity (Wildman–Crippen MR) is 123 cm³/mol. The number of ether oxygens (including phenoxy) is 1. The second kappa shape index (κ2) is 11.4. The minimum absolute atomic E-state index is 0. The Morgan fingerprint density at radius 3 is 2.28 bits per heavy atom. The average Bonchev–Trinajstić information content (AvgIpc) is 3.18. The Hall–Kier alpha value is -1.70. The van der Waals surface area contributed by atoms with Crippen LogP contribution in [0.5, 0.6) is 5.75 Å². The number of hydrogen-bond acceptors (Lipinski definition) is 3. The number of alkyl halides is 3. The van der Waals surface area contributed by atoms with Crippen LogP contribution in [0.1, 0.15) is 29.5 Å². The standard InChI is InChI=1S/C23H26F4N2O.2ClH/c24-21-14-17-4-1-5-18(17)15-22(21)30-13-3-8-28-9-11-29(12-10-28)20-7-2-6-19(16-20)23(25,26)27;;/h2,6-7,14-16H,1,3-5,8-13H2;2*1H. The third-order valence-electron chi connectivity index (χ3n) is 5.93. The maximum absolute atomic E-state index is 14.1. The number of aryl methyl sites for hydroxylation is 2. The summed E-state index contributed by atoms with van der Waals surface area (Å²) in [5, 5.41) is 0. The lowest BCUT2D eigenvalue weighted by atomic mass is 10.1. The van der Waals surface area contributed by atoms with Gasteiger partial charge in [0, 0.05) is 38.4 Å². The summed E-state index contributed by atoms with van der Waals surface area (Å²) in [6.45, 7) is 4.20. The minimum atomic E-state index is -4.32. The van der Waals surface area contributed by atoms with E-state index in [0.717, 1.165) is 56.9 Å². The molecule has 1 heterocycles. The molecule has 178 valence electrons. The van der Waals surface area contributed by atoms with Crippen molar-refractivity contribution in [2.45, 2.75) is 31.9 Å². The molecule has 0 amide bonds. The predicted octanol–water partition coefficient (Wildman–Crippen LogP) is 5.77. The topological polar surface area (TPSA) is 15.7 Å². The first-order valence-corrected chi connectivity index (χ1v) is 10.5. The van der Waals surface area contributed by atoms with Gasteiger partial charge in [-0.2, -0.15) is 13.2 Å². The van der Waals surface area contributed by atoms with Crippen LogP contribution in [0.15, 0.2) is 36.4 Å². The van der Waals surface area contributed by atoms with Crippen molar-refractivity contribution in [3.05, 3.63) is 58.9 Å². The number of nitrogens with zero attached hydrogens (tertiary/aromatic N) is 2. The fourth-order valence-corrected chi connectivity index (χ4v) is 4.26. The van der Waals surface area contributed by atoms with Crippen LogP contribution >= 0.6 is 24.8 Å². The van der Waals surface area contributed by atoms with E-state index < -0.39 is 11.7 Å². The Balaban J connectivity index is 0.00000181. The second-order valence-electron chi connectivity index (χ2n) is 7.98. The van der Waals surface area contributed by atoms with Crippen LogP contribution in [0.3, 0.4) is 0 Å². The van der Waals surface area contributed by atoms with Gasteiger partial charge in [-0.15, -0.1) is 24.8 Å². The van der Waals surface area contributed by atoms with E-state index in [9.17, 15) is 17.6 Å². The summed E-state index contributed by atoms with van der Waals surface area (Å²) in [5.74, 6) is 0.0513. The molecular weight excluding hydrogens is 467 g/mol. The van der Waals surface area contributed by atoms with Gasteiger partial charge in [0.2, 0.25) is 0 Å². The monoisotopic (exact) mass is 494 g/mol. The molecule has 32 heavy (non-hydrogen) atoms. The van der Waals surface area contributed by atoms with Crippen LogP contribution in [-0.2, 0) is 19.0 Å². The third kappa shape index (κ3) is 6.42. The number of anilines is 1. The van der Waals surface area contributed by atoms with Crippen molar-refractivity contribution in [3.63, 3.8) is 0 Å². The first kappa shape index (κ1) is 26.6. The Morgan fingerprint density at radius 2 is 1.59 bits per heavy atom. The number of rotatable bonds is 6. The lowest BCUT2D eigenvalue weighted by Crippen LogP contribution is -2.46. The van der Waals surface area contributed by atoms with E-state index in [0.29, 0.717) is 31.1 Å². The van der Waals surface area contributed by atoms with Crippen molar-refractivity contribution in [2.75, 3.05) is 44.2 Å². The summed E-state index contributed by atoms with van der Waals surface area (Å²) in [7, 11) is 0. The molecule has 0 spiro atoms. The van der Waals surface area contributed by atoms with Gasteiger partial charge in [0.1, 0.15) is 0 Å². The number of halogens is 6. The molecule has 0 N–H and O–H groups in total. The molecule has 3 nitrogen and oxygen atoms in total. The lowest BCUT2D eigenvalue weighted by Gasteiger charge is -2.36. The molecule has 1 fully saturated rings. The normalized spacial score (nSPS) is 16.2. The highest BCUT2D eigenvalue weighted by atomic mass is 35.5. The van der Waals surface area contributed by atoms with Crippen molar-refractivity contribution < 1.29 is 22.3 Å². The van der Waals surface area contributed by atoms with Gasteiger partial charge in [0.15, 0.2) is 11.6 Å². The summed E-state index contributed by atoms with van der Waals surface area (Å²) in [6.07, 6.45) is -0.540. The van der Waals surface area contributed by atoms with E-state index in [2.05, 4.69) is 4.90 Å². The summed E-state index contributed by atoms with van der Waals surface area (Å²) >= 11 is 0. The van der Waals surface area contributed by atoms with E-state index in [1.54, 1.807) is 12.1 Å². The van der Waals surface area contributed by atoms with Gasteiger partial charge in [-0.3, -0.25) is 4.90 Å². The van der Waals surface area contributed by atoms with Crippen LogP contribution in [0.4, 0.5) is 23.2 Å². The number of hydrogen-bond donors (Lipinski definition) is 0. The zero-order valence-corrected chi connectivity index (χ0v) is 19.3. The lowest BCUT2D eigenvalue weighted by molar-refractivity contribution is -0.137. The van der Waals surface area contributed by atoms with Crippen LogP contribution in [0.25, 0.3) is 0 Å². The Bertz CT molecular complexity index is 887. The molecule has 1 saturated heterocycles. The van der Waals surface area contributed by atoms with Gasteiger partial charge in [-0.1, -0.05) is 6.07 Å². The third-order valence-corrected chi connectivity index (χ3v) is 5.93. The molecule has 1 aliphatic carbocycles. The number of benzene rings is 2. The maximum atomic E-state index is 14.1. The summed E-state index contributed by atoms with van der Waals surface area (Å²) in [6, 6.07) is 8.94. The first-order valence-electron chi connectivity index (χ1n) is 10.5. The number of fused-ring (bicyclic) bond motifs is 1. The Labute approximate surface area is 198 Å². The maximum Gasteiger partial charge on any atom is 0.416 e. The smallest absolute Gasteiger partial charge is 0.416 e. The molecule has 0 aromatic heterocycles. The van der Waals surface area contributed by atoms with Crippen LogP contribution in [0, 0.1) is 5.82 Å². The molecule has 4 rings (SSSR count). The zero-order chi connectivity index (χ0) is 21.1. The molecule has 2 aromatic rings. The van der Waals surface area contributed by atoms with Crippen molar-refractivity contribution in [2.24, 2.45) is 0 Å². The molecular formula is C23H28Cl2F4N2O. The van der Waals surface area contributed by atoms with E-state index in [1.807, 2.05) is 11.0 Å². The highest BCUT2D eigenvalue weighted by Crippen LogP contribution is 2.32. The Kier molecular flexibility index (Phi) is 9.49. The molecule has 0 unspecified atom stereocenters. The molecule has 9 heteroatoms. The molecule has 0 atom stereocenters. The molecule has 2 aromatic carbocycles. The van der Waals surface area contributed by atoms with Gasteiger partial charge in [-0.05, 0) is 67.1 Å². The van der Waals surface area contributed by atoms with E-state index in [1.165, 1.54) is 17.7 Å². The van der Waals surface area contributed by atoms with Crippen molar-refractivity contribution in [1.82, 2.24) is 4.90 Å². The van der Waals surface area contributed by atoms with Crippen molar-refractivity contribution in [1.29, 1.82) is 0 Å². The fraction of sp³-hybridized carbons (Fsp3) is 0.478. The second-order valence-corrected chi connectivity index (χ2v) is 7.98. The summed E-state index contributed by atoms with van der Waals surface area (Å²) < 4.78 is 58.6. The van der Waals surface area contributed by atoms with Crippen LogP contribution in [-0.4, -0.2) is 44.2 Å². The van der Waals surface area contributed by atoms with Gasteiger partial charge >= 0.3 is 6.18 Å². The van der Waals surface area contributed by atoms with E-state index in [-0.39, 0.29) is 30.6 Å². The van der Waals surface area contributed by atoms with Crippen LogP contribution in [0.2, 0.25) is 0 Å². The fourth-order valence-electron chi connectivity index (χ4n) is 4.26. The molecule has 1 aliphatic heterocycles. The number of piperazine rings is 1. The van der Waals surface area contributed by atoms with E-state index in [4.69, 9.17) is 4.74 Å². The highest BCUT2D eigenvalue weighted by Gasteiger charge is 2.31. The molecule has 0 bridgehead atoms. The van der Waals surface area contributed by atoms with Gasteiger partial charge in [-0.25, -0.2) is 4.39 Å². The average molecular weight is 495 g/mol. The largest absolute Gasteiger partial charge is 0.490 e. The van der Waals surface area contributed by atoms with E-state index >= 15 is 0 Å². The molecule has 2 aliphatic rings. The summed E-state index contributed by atoms with van der Waals surface area (Å²) in [5.41, 5.74) is 2.29. The van der Waals surface area contributed by atoms with Crippen molar-refractivity contribution in [3.8, 4) is 5.75 Å². The van der Waals surface area contributed by atoms with Crippen molar-refractivity contribution >= 4 is 30.5 Å². The first-order chi connectivity index (χ1) is 14.4. The zero-order valence-electron chi connectivity index (χ0n) is 17.7. The molecule has 0 radical (unpaired) electrons. The van der Waals surface area contributed by atoms with Gasteiger partial charge in [0.05, 0.1) is 12.2 Å². The highest BCUT2D eigenvalue weighted by molar-refractivity contribution is 5.85.